The van der Waals surface area contributed by atoms with Crippen molar-refractivity contribution in [1.29, 1.82) is 0 Å². The maximum Gasteiger partial charge on any atom is 0.331 e. The monoisotopic (exact) mass is 266 g/mol. The Morgan fingerprint density at radius 3 is 2.18 bits per heavy atom. The Kier molecular flexibility index (Phi) is 9.36. The van der Waals surface area contributed by atoms with Crippen LogP contribution in [0.3, 0.4) is 0 Å². The molecule has 102 valence electrons. The van der Waals surface area contributed by atoms with Crippen molar-refractivity contribution in [2.24, 2.45) is 0 Å². The normalized spacial score (nSPS) is 11.5. The first kappa shape index (κ1) is 16.6. The van der Waals surface area contributed by atoms with Crippen LogP contribution in [0.2, 0.25) is 0 Å². The number of amides is 1. The lowest BCUT2D eigenvalue weighted by Crippen LogP contribution is -2.31. The fraction of sp³-hybridized carbons (Fsp3) is 0.900. The molecule has 0 aromatic carbocycles. The van der Waals surface area contributed by atoms with Gasteiger partial charge in [-0.3, -0.25) is 9.36 Å². The van der Waals surface area contributed by atoms with E-state index in [2.05, 4.69) is 10.6 Å². The number of hydrogen-bond acceptors (Lipinski definition) is 5. The maximum absolute atomic E-state index is 12.0. The van der Waals surface area contributed by atoms with Crippen LogP contribution in [0, 0.1) is 0 Å². The smallest absolute Gasteiger partial charge is 0.331 e. The Balaban J connectivity index is 3.68. The quantitative estimate of drug-likeness (QED) is 0.455. The van der Waals surface area contributed by atoms with E-state index in [1.807, 2.05) is 0 Å². The molecule has 0 aliphatic heterocycles. The highest BCUT2D eigenvalue weighted by atomic mass is 31.2. The molecule has 0 aliphatic rings. The zero-order valence-electron chi connectivity index (χ0n) is 10.8. The van der Waals surface area contributed by atoms with Crippen molar-refractivity contribution < 1.29 is 18.4 Å². The molecular formula is C10H23N2O4P. The van der Waals surface area contributed by atoms with Gasteiger partial charge in [-0.1, -0.05) is 0 Å². The second-order valence-electron chi connectivity index (χ2n) is 3.40. The van der Waals surface area contributed by atoms with Gasteiger partial charge in [0.2, 0.25) is 5.91 Å². The van der Waals surface area contributed by atoms with Gasteiger partial charge in [0, 0.05) is 26.6 Å². The molecule has 7 heteroatoms. The summed E-state index contributed by atoms with van der Waals surface area (Å²) in [5.74, 6) is -0.0545. The van der Waals surface area contributed by atoms with Crippen molar-refractivity contribution in [2.45, 2.75) is 20.8 Å². The van der Waals surface area contributed by atoms with Crippen LogP contribution in [0.25, 0.3) is 0 Å². The molecule has 0 bridgehead atoms. The molecule has 17 heavy (non-hydrogen) atoms. The Morgan fingerprint density at radius 2 is 1.71 bits per heavy atom. The summed E-state index contributed by atoms with van der Waals surface area (Å²) >= 11 is 0. The number of rotatable bonds is 10. The molecule has 0 heterocycles. The first-order valence-electron chi connectivity index (χ1n) is 5.87. The van der Waals surface area contributed by atoms with Crippen molar-refractivity contribution in [1.82, 2.24) is 10.6 Å². The van der Waals surface area contributed by atoms with Crippen molar-refractivity contribution in [3.05, 3.63) is 0 Å². The summed E-state index contributed by atoms with van der Waals surface area (Å²) in [6.45, 7) is 7.54. The Labute approximate surface area is 103 Å². The zero-order chi connectivity index (χ0) is 13.1. The SMILES string of the molecule is CCOP(=O)(CCNCCNC(C)=O)OCC. The second-order valence-corrected chi connectivity index (χ2v) is 5.59. The summed E-state index contributed by atoms with van der Waals surface area (Å²) < 4.78 is 22.3. The minimum absolute atomic E-state index is 0.0545. The third-order valence-corrected chi connectivity index (χ3v) is 3.96. The number of nitrogens with one attached hydrogen (secondary N) is 2. The van der Waals surface area contributed by atoms with Crippen molar-refractivity contribution in [2.75, 3.05) is 39.0 Å². The molecule has 0 spiro atoms. The molecule has 0 atom stereocenters. The summed E-state index contributed by atoms with van der Waals surface area (Å²) in [5, 5.41) is 5.73. The molecule has 0 radical (unpaired) electrons. The lowest BCUT2D eigenvalue weighted by Gasteiger charge is -2.17. The van der Waals surface area contributed by atoms with Gasteiger partial charge in [0.25, 0.3) is 0 Å². The molecule has 6 nitrogen and oxygen atoms in total. The lowest BCUT2D eigenvalue weighted by atomic mass is 10.5. The molecule has 2 N–H and O–H groups in total. The molecule has 0 aromatic rings. The van der Waals surface area contributed by atoms with Gasteiger partial charge in [-0.2, -0.15) is 0 Å². The van der Waals surface area contributed by atoms with E-state index in [1.54, 1.807) is 13.8 Å². The van der Waals surface area contributed by atoms with Crippen LogP contribution in [0.5, 0.6) is 0 Å². The summed E-state index contributed by atoms with van der Waals surface area (Å²) in [6, 6.07) is 0. The van der Waals surface area contributed by atoms with E-state index < -0.39 is 7.60 Å². The molecule has 0 aliphatic carbocycles. The van der Waals surface area contributed by atoms with Crippen molar-refractivity contribution in [3.63, 3.8) is 0 Å². The van der Waals surface area contributed by atoms with Gasteiger partial charge < -0.3 is 19.7 Å². The van der Waals surface area contributed by atoms with Gasteiger partial charge >= 0.3 is 7.60 Å². The third-order valence-electron chi connectivity index (χ3n) is 1.89. The van der Waals surface area contributed by atoms with E-state index in [4.69, 9.17) is 9.05 Å². The number of carbonyl (C=O) groups excluding carboxylic acids is 1. The van der Waals surface area contributed by atoms with Crippen LogP contribution in [-0.2, 0) is 18.4 Å². The molecular weight excluding hydrogens is 243 g/mol. The Morgan fingerprint density at radius 1 is 1.12 bits per heavy atom. The van der Waals surface area contributed by atoms with Crippen molar-refractivity contribution >= 4 is 13.5 Å². The molecule has 0 rings (SSSR count). The molecule has 0 fully saturated rings. The van der Waals surface area contributed by atoms with E-state index in [0.717, 1.165) is 0 Å². The molecule has 0 saturated carbocycles. The van der Waals surface area contributed by atoms with Gasteiger partial charge in [-0.15, -0.1) is 0 Å². The number of hydrogen-bond donors (Lipinski definition) is 2. The maximum atomic E-state index is 12.0. The lowest BCUT2D eigenvalue weighted by molar-refractivity contribution is -0.118. The van der Waals surface area contributed by atoms with E-state index in [0.29, 0.717) is 39.0 Å². The summed E-state index contributed by atoms with van der Waals surface area (Å²) in [4.78, 5) is 10.6. The highest BCUT2D eigenvalue weighted by molar-refractivity contribution is 7.53. The predicted molar refractivity (Wildman–Crippen MR) is 67.3 cm³/mol. The molecule has 0 aromatic heterocycles. The van der Waals surface area contributed by atoms with Crippen LogP contribution in [-0.4, -0.2) is 44.9 Å². The fourth-order valence-corrected chi connectivity index (χ4v) is 2.78. The largest absolute Gasteiger partial charge is 0.355 e. The molecule has 0 unspecified atom stereocenters. The summed E-state index contributed by atoms with van der Waals surface area (Å²) in [5.41, 5.74) is 0. The van der Waals surface area contributed by atoms with E-state index in [1.165, 1.54) is 6.92 Å². The minimum atomic E-state index is -2.94. The molecule has 0 saturated heterocycles. The van der Waals surface area contributed by atoms with Crippen LogP contribution in [0.15, 0.2) is 0 Å². The van der Waals surface area contributed by atoms with Gasteiger partial charge in [0.1, 0.15) is 0 Å². The van der Waals surface area contributed by atoms with Crippen LogP contribution in [0.4, 0.5) is 0 Å². The van der Waals surface area contributed by atoms with Crippen LogP contribution < -0.4 is 10.6 Å². The number of carbonyl (C=O) groups is 1. The van der Waals surface area contributed by atoms with E-state index in [-0.39, 0.29) is 5.91 Å². The predicted octanol–water partition coefficient (Wildman–Crippen LogP) is 0.978. The highest BCUT2D eigenvalue weighted by Gasteiger charge is 2.22. The van der Waals surface area contributed by atoms with Crippen LogP contribution in [0.1, 0.15) is 20.8 Å². The van der Waals surface area contributed by atoms with E-state index >= 15 is 0 Å². The summed E-state index contributed by atoms with van der Waals surface area (Å²) in [7, 11) is -2.94. The molecule has 1 amide bonds. The highest BCUT2D eigenvalue weighted by Crippen LogP contribution is 2.47. The zero-order valence-corrected chi connectivity index (χ0v) is 11.7. The average molecular weight is 266 g/mol. The second kappa shape index (κ2) is 9.59. The van der Waals surface area contributed by atoms with Gasteiger partial charge in [-0.05, 0) is 13.8 Å². The summed E-state index contributed by atoms with van der Waals surface area (Å²) in [6.07, 6.45) is 0.342. The van der Waals surface area contributed by atoms with Gasteiger partial charge in [0.15, 0.2) is 0 Å². The first-order chi connectivity index (χ1) is 8.04. The third kappa shape index (κ3) is 9.30. The Bertz CT molecular complexity index is 251. The van der Waals surface area contributed by atoms with Gasteiger partial charge in [-0.25, -0.2) is 0 Å². The topological polar surface area (TPSA) is 76.7 Å². The van der Waals surface area contributed by atoms with Gasteiger partial charge in [0.05, 0.1) is 19.4 Å². The Hall–Kier alpha value is -0.420. The average Bonchev–Trinajstić information content (AvgIpc) is 2.23. The van der Waals surface area contributed by atoms with Crippen molar-refractivity contribution in [3.8, 4) is 0 Å². The fourth-order valence-electron chi connectivity index (χ4n) is 1.23. The first-order valence-corrected chi connectivity index (χ1v) is 7.60. The van der Waals surface area contributed by atoms with E-state index in [9.17, 15) is 9.36 Å². The minimum Gasteiger partial charge on any atom is -0.355 e. The standard InChI is InChI=1S/C10H23N2O4P/c1-4-15-17(14,16-5-2)9-8-11-6-7-12-10(3)13/h11H,4-9H2,1-3H3,(H,12,13). The van der Waals surface area contributed by atoms with Crippen LogP contribution >= 0.6 is 7.60 Å².